The van der Waals surface area contributed by atoms with Gasteiger partial charge in [0.2, 0.25) is 0 Å². The van der Waals surface area contributed by atoms with Crippen LogP contribution < -0.4 is 5.32 Å². The molecule has 3 fully saturated rings. The SMILES string of the molecule is CC1(C)O[C@@H]2O[C@H](C(=O)Nc3ccc(F)cc3)[C@@H]3OC(C)(C)O[C@@H]3[C@@H]2O1. The summed E-state index contributed by atoms with van der Waals surface area (Å²) in [5.41, 5.74) is 0.459. The van der Waals surface area contributed by atoms with Crippen LogP contribution in [0.15, 0.2) is 24.3 Å². The molecule has 0 saturated carbocycles. The zero-order valence-electron chi connectivity index (χ0n) is 15.0. The normalized spacial score (nSPS) is 37.0. The van der Waals surface area contributed by atoms with Crippen molar-refractivity contribution in [2.45, 2.75) is 70.0 Å². The molecule has 3 aliphatic rings. The van der Waals surface area contributed by atoms with Crippen LogP contribution >= 0.6 is 0 Å². The number of amides is 1. The van der Waals surface area contributed by atoms with E-state index in [1.165, 1.54) is 24.3 Å². The van der Waals surface area contributed by atoms with Gasteiger partial charge in [-0.25, -0.2) is 4.39 Å². The lowest BCUT2D eigenvalue weighted by Gasteiger charge is -2.36. The Kier molecular flexibility index (Phi) is 4.09. The molecule has 7 nitrogen and oxygen atoms in total. The second-order valence-corrected chi connectivity index (χ2v) is 7.59. The van der Waals surface area contributed by atoms with Crippen LogP contribution in [0.25, 0.3) is 0 Å². The fourth-order valence-corrected chi connectivity index (χ4v) is 3.57. The molecule has 5 atom stereocenters. The largest absolute Gasteiger partial charge is 0.342 e. The second kappa shape index (κ2) is 5.97. The Morgan fingerprint density at radius 2 is 1.50 bits per heavy atom. The third-order valence-corrected chi connectivity index (χ3v) is 4.52. The average Bonchev–Trinajstić information content (AvgIpc) is 3.02. The monoisotopic (exact) mass is 367 g/mol. The van der Waals surface area contributed by atoms with Gasteiger partial charge in [-0.3, -0.25) is 4.79 Å². The number of carbonyl (C=O) groups excluding carboxylic acids is 1. The molecule has 0 radical (unpaired) electrons. The molecule has 0 bridgehead atoms. The van der Waals surface area contributed by atoms with Crippen LogP contribution in [0.2, 0.25) is 0 Å². The quantitative estimate of drug-likeness (QED) is 0.863. The second-order valence-electron chi connectivity index (χ2n) is 7.59. The van der Waals surface area contributed by atoms with Crippen LogP contribution in [-0.4, -0.2) is 48.2 Å². The lowest BCUT2D eigenvalue weighted by molar-refractivity contribution is -0.229. The number of ether oxygens (including phenoxy) is 5. The summed E-state index contributed by atoms with van der Waals surface area (Å²) in [7, 11) is 0. The number of rotatable bonds is 2. The van der Waals surface area contributed by atoms with Crippen molar-refractivity contribution in [1.82, 2.24) is 0 Å². The van der Waals surface area contributed by atoms with E-state index < -0.39 is 48.2 Å². The minimum Gasteiger partial charge on any atom is -0.342 e. The molecule has 3 saturated heterocycles. The molecule has 4 rings (SSSR count). The summed E-state index contributed by atoms with van der Waals surface area (Å²) in [4.78, 5) is 12.8. The number of halogens is 1. The number of carbonyl (C=O) groups is 1. The molecule has 0 aliphatic carbocycles. The van der Waals surface area contributed by atoms with Crippen LogP contribution in [0.1, 0.15) is 27.7 Å². The number of fused-ring (bicyclic) bond motifs is 3. The zero-order chi connectivity index (χ0) is 18.7. The summed E-state index contributed by atoms with van der Waals surface area (Å²) < 4.78 is 42.5. The Morgan fingerprint density at radius 1 is 0.923 bits per heavy atom. The third kappa shape index (κ3) is 3.23. The molecular weight excluding hydrogens is 345 g/mol. The summed E-state index contributed by atoms with van der Waals surface area (Å²) >= 11 is 0. The highest BCUT2D eigenvalue weighted by Gasteiger charge is 2.62. The lowest BCUT2D eigenvalue weighted by atomic mass is 9.98. The van der Waals surface area contributed by atoms with Gasteiger partial charge in [-0.15, -0.1) is 0 Å². The van der Waals surface area contributed by atoms with E-state index in [1.807, 2.05) is 0 Å². The standard InChI is InChI=1S/C18H22FNO6/c1-17(2)23-11-12(24-17)14-16(26-18(3,4)25-14)22-13(11)15(21)20-10-7-5-9(19)6-8-10/h5-8,11-14,16H,1-4H3,(H,20,21)/t11-,12+,13+,14+,16+/m1/s1. The Hall–Kier alpha value is -1.58. The molecule has 26 heavy (non-hydrogen) atoms. The summed E-state index contributed by atoms with van der Waals surface area (Å²) in [5.74, 6) is -2.52. The van der Waals surface area contributed by atoms with Crippen molar-refractivity contribution in [3.63, 3.8) is 0 Å². The van der Waals surface area contributed by atoms with Crippen molar-refractivity contribution < 1.29 is 32.9 Å². The summed E-state index contributed by atoms with van der Waals surface area (Å²) in [6.45, 7) is 7.10. The molecule has 1 amide bonds. The van der Waals surface area contributed by atoms with Crippen molar-refractivity contribution in [1.29, 1.82) is 0 Å². The first-order chi connectivity index (χ1) is 12.1. The van der Waals surface area contributed by atoms with Gasteiger partial charge < -0.3 is 29.0 Å². The maximum Gasteiger partial charge on any atom is 0.256 e. The molecule has 1 N–H and O–H groups in total. The van der Waals surface area contributed by atoms with Crippen molar-refractivity contribution in [2.75, 3.05) is 5.32 Å². The predicted molar refractivity (Wildman–Crippen MR) is 87.6 cm³/mol. The molecule has 0 aromatic heterocycles. The zero-order valence-corrected chi connectivity index (χ0v) is 15.0. The summed E-state index contributed by atoms with van der Waals surface area (Å²) in [5, 5.41) is 2.72. The van der Waals surface area contributed by atoms with Gasteiger partial charge in [-0.1, -0.05) is 0 Å². The van der Waals surface area contributed by atoms with Gasteiger partial charge in [-0.05, 0) is 52.0 Å². The number of benzene rings is 1. The van der Waals surface area contributed by atoms with Gasteiger partial charge in [0, 0.05) is 5.69 Å². The minimum atomic E-state index is -0.953. The van der Waals surface area contributed by atoms with Gasteiger partial charge in [0.15, 0.2) is 24.0 Å². The van der Waals surface area contributed by atoms with E-state index in [9.17, 15) is 9.18 Å². The van der Waals surface area contributed by atoms with Crippen LogP contribution in [0.5, 0.6) is 0 Å². The topological polar surface area (TPSA) is 75.3 Å². The number of anilines is 1. The van der Waals surface area contributed by atoms with Crippen LogP contribution in [-0.2, 0) is 28.5 Å². The third-order valence-electron chi connectivity index (χ3n) is 4.52. The van der Waals surface area contributed by atoms with Gasteiger partial charge in [0.25, 0.3) is 5.91 Å². The number of hydrogen-bond donors (Lipinski definition) is 1. The Bertz CT molecular complexity index is 706. The Balaban J connectivity index is 1.57. The first kappa shape index (κ1) is 17.8. The van der Waals surface area contributed by atoms with Crippen molar-refractivity contribution in [3.05, 3.63) is 30.1 Å². The predicted octanol–water partition coefficient (Wildman–Crippen LogP) is 2.16. The van der Waals surface area contributed by atoms with Gasteiger partial charge in [0.05, 0.1) is 0 Å². The van der Waals surface area contributed by atoms with E-state index >= 15 is 0 Å². The van der Waals surface area contributed by atoms with E-state index in [4.69, 9.17) is 23.7 Å². The fraction of sp³-hybridized carbons (Fsp3) is 0.611. The van der Waals surface area contributed by atoms with Gasteiger partial charge in [-0.2, -0.15) is 0 Å². The molecule has 0 unspecified atom stereocenters. The van der Waals surface area contributed by atoms with Crippen molar-refractivity contribution in [3.8, 4) is 0 Å². The van der Waals surface area contributed by atoms with E-state index in [-0.39, 0.29) is 5.82 Å². The minimum absolute atomic E-state index is 0.382. The molecular formula is C18H22FNO6. The molecule has 1 aromatic rings. The smallest absolute Gasteiger partial charge is 0.256 e. The fourth-order valence-electron chi connectivity index (χ4n) is 3.57. The van der Waals surface area contributed by atoms with E-state index in [1.54, 1.807) is 27.7 Å². The lowest BCUT2D eigenvalue weighted by Crippen LogP contribution is -2.58. The van der Waals surface area contributed by atoms with Crippen LogP contribution in [0.3, 0.4) is 0 Å². The number of nitrogens with one attached hydrogen (secondary N) is 1. The number of hydrogen-bond acceptors (Lipinski definition) is 6. The summed E-state index contributed by atoms with van der Waals surface area (Å²) in [6, 6.07) is 5.49. The highest BCUT2D eigenvalue weighted by molar-refractivity contribution is 5.94. The first-order valence-corrected chi connectivity index (χ1v) is 8.57. The van der Waals surface area contributed by atoms with Crippen molar-refractivity contribution in [2.24, 2.45) is 0 Å². The van der Waals surface area contributed by atoms with Gasteiger partial charge >= 0.3 is 0 Å². The molecule has 1 aromatic carbocycles. The van der Waals surface area contributed by atoms with E-state index in [0.717, 1.165) is 0 Å². The molecule has 8 heteroatoms. The highest BCUT2D eigenvalue weighted by Crippen LogP contribution is 2.44. The molecule has 3 aliphatic heterocycles. The molecule has 142 valence electrons. The Labute approximate surface area is 150 Å². The van der Waals surface area contributed by atoms with E-state index in [2.05, 4.69) is 5.32 Å². The maximum absolute atomic E-state index is 13.1. The van der Waals surface area contributed by atoms with Gasteiger partial charge in [0.1, 0.15) is 24.1 Å². The van der Waals surface area contributed by atoms with Crippen LogP contribution in [0.4, 0.5) is 10.1 Å². The summed E-state index contributed by atoms with van der Waals surface area (Å²) in [6.07, 6.45) is -3.34. The van der Waals surface area contributed by atoms with Crippen LogP contribution in [0, 0.1) is 5.82 Å². The Morgan fingerprint density at radius 3 is 2.19 bits per heavy atom. The van der Waals surface area contributed by atoms with Crippen molar-refractivity contribution >= 4 is 11.6 Å². The molecule has 0 spiro atoms. The van der Waals surface area contributed by atoms with E-state index in [0.29, 0.717) is 5.69 Å². The average molecular weight is 367 g/mol. The highest BCUT2D eigenvalue weighted by atomic mass is 19.1. The molecule has 3 heterocycles. The first-order valence-electron chi connectivity index (χ1n) is 8.57. The maximum atomic E-state index is 13.1.